The highest BCUT2D eigenvalue weighted by Gasteiger charge is 2.13. The summed E-state index contributed by atoms with van der Waals surface area (Å²) in [6, 6.07) is 8.63. The summed E-state index contributed by atoms with van der Waals surface area (Å²) in [6.45, 7) is 4.15. The molecule has 0 saturated carbocycles. The first-order valence-electron chi connectivity index (χ1n) is 7.28. The Kier molecular flexibility index (Phi) is 5.67. The number of ether oxygens (including phenoxy) is 2. The molecule has 0 amide bonds. The molecule has 106 valence electrons. The Morgan fingerprint density at radius 1 is 1.32 bits per heavy atom. The normalized spacial score (nSPS) is 21.1. The van der Waals surface area contributed by atoms with Gasteiger partial charge in [-0.25, -0.2) is 0 Å². The van der Waals surface area contributed by atoms with E-state index in [-0.39, 0.29) is 0 Å². The van der Waals surface area contributed by atoms with Crippen LogP contribution in [0.3, 0.4) is 0 Å². The van der Waals surface area contributed by atoms with E-state index >= 15 is 0 Å². The summed E-state index contributed by atoms with van der Waals surface area (Å²) in [5, 5.41) is 3.56. The number of hydrogen-bond acceptors (Lipinski definition) is 3. The Hall–Kier alpha value is -1.06. The Morgan fingerprint density at radius 2 is 2.11 bits per heavy atom. The van der Waals surface area contributed by atoms with E-state index in [2.05, 4.69) is 24.4 Å². The third-order valence-corrected chi connectivity index (χ3v) is 3.81. The van der Waals surface area contributed by atoms with E-state index in [1.165, 1.54) is 24.8 Å². The summed E-state index contributed by atoms with van der Waals surface area (Å²) < 4.78 is 10.9. The lowest BCUT2D eigenvalue weighted by atomic mass is 10.1. The van der Waals surface area contributed by atoms with Crippen molar-refractivity contribution in [3.8, 4) is 5.75 Å². The highest BCUT2D eigenvalue weighted by molar-refractivity contribution is 5.28. The Bertz CT molecular complexity index is 358. The van der Waals surface area contributed by atoms with Gasteiger partial charge in [-0.05, 0) is 56.8 Å². The van der Waals surface area contributed by atoms with Crippen molar-refractivity contribution in [2.75, 3.05) is 20.3 Å². The molecule has 1 aliphatic heterocycles. The van der Waals surface area contributed by atoms with E-state index in [1.54, 1.807) is 7.11 Å². The molecule has 2 atom stereocenters. The van der Waals surface area contributed by atoms with Gasteiger partial charge in [-0.1, -0.05) is 12.1 Å². The summed E-state index contributed by atoms with van der Waals surface area (Å²) in [6.07, 6.45) is 5.34. The quantitative estimate of drug-likeness (QED) is 0.854. The first-order chi connectivity index (χ1) is 9.29. The van der Waals surface area contributed by atoms with Crippen LogP contribution in [0.15, 0.2) is 24.3 Å². The molecule has 0 aliphatic carbocycles. The van der Waals surface area contributed by atoms with Gasteiger partial charge in [0, 0.05) is 12.6 Å². The van der Waals surface area contributed by atoms with Crippen molar-refractivity contribution >= 4 is 0 Å². The van der Waals surface area contributed by atoms with Crippen LogP contribution in [0.2, 0.25) is 0 Å². The second kappa shape index (κ2) is 7.51. The lowest BCUT2D eigenvalue weighted by Gasteiger charge is -2.23. The maximum absolute atomic E-state index is 5.74. The summed E-state index contributed by atoms with van der Waals surface area (Å²) in [5.74, 6) is 0.909. The minimum Gasteiger partial charge on any atom is -0.497 e. The predicted octanol–water partition coefficient (Wildman–Crippen LogP) is 3.31. The van der Waals surface area contributed by atoms with E-state index in [9.17, 15) is 0 Å². The van der Waals surface area contributed by atoms with E-state index in [0.29, 0.717) is 12.1 Å². The first kappa shape index (κ1) is 14.4. The molecule has 1 aromatic rings. The fourth-order valence-corrected chi connectivity index (χ4v) is 2.51. The van der Waals surface area contributed by atoms with Gasteiger partial charge in [0.2, 0.25) is 0 Å². The Morgan fingerprint density at radius 3 is 2.74 bits per heavy atom. The van der Waals surface area contributed by atoms with Crippen LogP contribution in [0.25, 0.3) is 0 Å². The van der Waals surface area contributed by atoms with Gasteiger partial charge in [-0.2, -0.15) is 0 Å². The van der Waals surface area contributed by atoms with Gasteiger partial charge in [0.1, 0.15) is 5.75 Å². The number of rotatable bonds is 6. The molecule has 2 unspecified atom stereocenters. The molecule has 0 spiro atoms. The highest BCUT2D eigenvalue weighted by Crippen LogP contribution is 2.18. The Labute approximate surface area is 116 Å². The van der Waals surface area contributed by atoms with Crippen molar-refractivity contribution < 1.29 is 9.47 Å². The van der Waals surface area contributed by atoms with Gasteiger partial charge >= 0.3 is 0 Å². The Balaban J connectivity index is 1.72. The van der Waals surface area contributed by atoms with Crippen LogP contribution < -0.4 is 10.1 Å². The minimum absolute atomic E-state index is 0.370. The van der Waals surface area contributed by atoms with Crippen molar-refractivity contribution in [1.82, 2.24) is 5.32 Å². The smallest absolute Gasteiger partial charge is 0.118 e. The fourth-order valence-electron chi connectivity index (χ4n) is 2.51. The van der Waals surface area contributed by atoms with Crippen LogP contribution in [0.1, 0.15) is 44.2 Å². The zero-order valence-electron chi connectivity index (χ0n) is 12.0. The molecule has 1 N–H and O–H groups in total. The average molecular weight is 263 g/mol. The molecule has 1 aromatic carbocycles. The van der Waals surface area contributed by atoms with Gasteiger partial charge < -0.3 is 14.8 Å². The van der Waals surface area contributed by atoms with Crippen LogP contribution in [-0.2, 0) is 4.74 Å². The monoisotopic (exact) mass is 263 g/mol. The van der Waals surface area contributed by atoms with E-state index in [1.807, 2.05) is 12.1 Å². The van der Waals surface area contributed by atoms with Crippen LogP contribution in [-0.4, -0.2) is 26.4 Å². The molecule has 0 bridgehead atoms. The number of methoxy groups -OCH3 is 1. The molecule has 1 aliphatic rings. The molecular weight excluding hydrogens is 238 g/mol. The standard InChI is InChI=1S/C16H25NO2/c1-13(14-6-8-15(18-2)9-7-14)17-11-10-16-5-3-4-12-19-16/h6-9,13,16-17H,3-5,10-12H2,1-2H3. The molecule has 0 radical (unpaired) electrons. The van der Waals surface area contributed by atoms with Crippen molar-refractivity contribution in [3.63, 3.8) is 0 Å². The summed E-state index contributed by atoms with van der Waals surface area (Å²) in [4.78, 5) is 0. The second-order valence-corrected chi connectivity index (χ2v) is 5.23. The lowest BCUT2D eigenvalue weighted by Crippen LogP contribution is -2.27. The van der Waals surface area contributed by atoms with Gasteiger partial charge in [0.15, 0.2) is 0 Å². The zero-order chi connectivity index (χ0) is 13.5. The van der Waals surface area contributed by atoms with Gasteiger partial charge in [0.05, 0.1) is 13.2 Å². The lowest BCUT2D eigenvalue weighted by molar-refractivity contribution is 0.0112. The van der Waals surface area contributed by atoms with Crippen LogP contribution in [0, 0.1) is 0 Å². The highest BCUT2D eigenvalue weighted by atomic mass is 16.5. The molecule has 2 rings (SSSR count). The third-order valence-electron chi connectivity index (χ3n) is 3.81. The van der Waals surface area contributed by atoms with Gasteiger partial charge in [-0.15, -0.1) is 0 Å². The van der Waals surface area contributed by atoms with Crippen LogP contribution >= 0.6 is 0 Å². The number of benzene rings is 1. The third kappa shape index (κ3) is 4.51. The molecule has 0 aromatic heterocycles. The largest absolute Gasteiger partial charge is 0.497 e. The van der Waals surface area contributed by atoms with E-state index < -0.39 is 0 Å². The van der Waals surface area contributed by atoms with E-state index in [0.717, 1.165) is 25.3 Å². The van der Waals surface area contributed by atoms with E-state index in [4.69, 9.17) is 9.47 Å². The maximum atomic E-state index is 5.74. The molecule has 3 nitrogen and oxygen atoms in total. The molecule has 1 saturated heterocycles. The van der Waals surface area contributed by atoms with Crippen LogP contribution in [0.5, 0.6) is 5.75 Å². The zero-order valence-corrected chi connectivity index (χ0v) is 12.0. The predicted molar refractivity (Wildman–Crippen MR) is 77.6 cm³/mol. The molecule has 19 heavy (non-hydrogen) atoms. The molecule has 1 fully saturated rings. The summed E-state index contributed by atoms with van der Waals surface area (Å²) in [5.41, 5.74) is 1.30. The van der Waals surface area contributed by atoms with Crippen molar-refractivity contribution in [1.29, 1.82) is 0 Å². The summed E-state index contributed by atoms with van der Waals surface area (Å²) >= 11 is 0. The SMILES string of the molecule is COc1ccc(C(C)NCCC2CCCCO2)cc1. The van der Waals surface area contributed by atoms with Gasteiger partial charge in [-0.3, -0.25) is 0 Å². The topological polar surface area (TPSA) is 30.5 Å². The van der Waals surface area contributed by atoms with Gasteiger partial charge in [0.25, 0.3) is 0 Å². The minimum atomic E-state index is 0.370. The molecule has 3 heteroatoms. The average Bonchev–Trinajstić information content (AvgIpc) is 2.48. The van der Waals surface area contributed by atoms with Crippen molar-refractivity contribution in [2.45, 2.75) is 44.8 Å². The fraction of sp³-hybridized carbons (Fsp3) is 0.625. The summed E-state index contributed by atoms with van der Waals surface area (Å²) in [7, 11) is 1.70. The van der Waals surface area contributed by atoms with Crippen LogP contribution in [0.4, 0.5) is 0 Å². The second-order valence-electron chi connectivity index (χ2n) is 5.23. The number of hydrogen-bond donors (Lipinski definition) is 1. The first-order valence-corrected chi connectivity index (χ1v) is 7.28. The maximum Gasteiger partial charge on any atom is 0.118 e. The molecule has 1 heterocycles. The van der Waals surface area contributed by atoms with Crippen molar-refractivity contribution in [2.24, 2.45) is 0 Å². The van der Waals surface area contributed by atoms with Crippen molar-refractivity contribution in [3.05, 3.63) is 29.8 Å². The number of nitrogens with one attached hydrogen (secondary N) is 1. The molecular formula is C16H25NO2.